The predicted octanol–water partition coefficient (Wildman–Crippen LogP) is 0.00860. The van der Waals surface area contributed by atoms with Crippen molar-refractivity contribution in [2.24, 2.45) is 17.8 Å². The van der Waals surface area contributed by atoms with Gasteiger partial charge in [-0.15, -0.1) is 13.2 Å². The van der Waals surface area contributed by atoms with Crippen LogP contribution in [0, 0.1) is 17.8 Å². The molecular weight excluding hydrogens is 473 g/mol. The molecule has 4 amide bonds. The molecule has 2 aliphatic heterocycles. The standard InChI is InChI=1S/C22H29F3N4O6/c23-22(24,25)35-10-16(30)15(8-11-6-7-26-18(11)31)28-19(32)17-14-3-1-2-12(14)9-29(17)21(34)20(33)27-13-4-5-13/h11-15,17H,1-10H2,(H,26,31)(H,27,33)(H,28,32)/t11?,12?,14?,15?,17-/m0/s1. The number of amides is 4. The Bertz CT molecular complexity index is 893. The third-order valence-corrected chi connectivity index (χ3v) is 7.29. The molecule has 0 aromatic heterocycles. The van der Waals surface area contributed by atoms with E-state index in [0.29, 0.717) is 19.4 Å². The van der Waals surface area contributed by atoms with E-state index in [4.69, 9.17) is 0 Å². The van der Waals surface area contributed by atoms with Crippen LogP contribution in [0.15, 0.2) is 0 Å². The van der Waals surface area contributed by atoms with Crippen molar-refractivity contribution in [2.75, 3.05) is 19.7 Å². The maximum absolute atomic E-state index is 13.4. The topological polar surface area (TPSA) is 134 Å². The maximum atomic E-state index is 13.4. The molecule has 2 saturated carbocycles. The molecule has 194 valence electrons. The summed E-state index contributed by atoms with van der Waals surface area (Å²) in [5, 5.41) is 7.70. The number of rotatable bonds is 8. The van der Waals surface area contributed by atoms with Gasteiger partial charge in [0.25, 0.3) is 0 Å². The number of likely N-dealkylation sites (tertiary alicyclic amines) is 1. The third-order valence-electron chi connectivity index (χ3n) is 7.29. The highest BCUT2D eigenvalue weighted by Gasteiger charge is 2.51. The average Bonchev–Trinajstić information content (AvgIpc) is 3.16. The fourth-order valence-electron chi connectivity index (χ4n) is 5.39. The van der Waals surface area contributed by atoms with E-state index >= 15 is 0 Å². The van der Waals surface area contributed by atoms with Crippen molar-refractivity contribution >= 4 is 29.4 Å². The molecule has 4 unspecified atom stereocenters. The van der Waals surface area contributed by atoms with Crippen LogP contribution < -0.4 is 16.0 Å². The lowest BCUT2D eigenvalue weighted by atomic mass is 9.92. The van der Waals surface area contributed by atoms with Crippen molar-refractivity contribution in [3.8, 4) is 0 Å². The number of ether oxygens (including phenoxy) is 1. The second-order valence-corrected chi connectivity index (χ2v) is 9.78. The number of ketones is 1. The van der Waals surface area contributed by atoms with Crippen molar-refractivity contribution in [2.45, 2.75) is 69.4 Å². The molecule has 2 saturated heterocycles. The van der Waals surface area contributed by atoms with Crippen molar-refractivity contribution in [3.05, 3.63) is 0 Å². The summed E-state index contributed by atoms with van der Waals surface area (Å²) >= 11 is 0. The molecule has 13 heteroatoms. The molecule has 0 spiro atoms. The molecule has 0 aromatic carbocycles. The number of halogens is 3. The number of nitrogens with one attached hydrogen (secondary N) is 3. The van der Waals surface area contributed by atoms with Gasteiger partial charge in [0, 0.05) is 25.0 Å². The molecule has 5 atom stereocenters. The predicted molar refractivity (Wildman–Crippen MR) is 112 cm³/mol. The van der Waals surface area contributed by atoms with E-state index in [1.165, 1.54) is 4.90 Å². The lowest BCUT2D eigenvalue weighted by Crippen LogP contribution is -2.56. The zero-order chi connectivity index (χ0) is 25.3. The molecule has 0 radical (unpaired) electrons. The number of carbonyl (C=O) groups is 5. The average molecular weight is 502 g/mol. The number of Topliss-reactive ketones (excluding diaryl/α,β-unsaturated/α-hetero) is 1. The van der Waals surface area contributed by atoms with Crippen LogP contribution >= 0.6 is 0 Å². The van der Waals surface area contributed by atoms with E-state index in [2.05, 4.69) is 20.7 Å². The van der Waals surface area contributed by atoms with Gasteiger partial charge in [-0.05, 0) is 50.4 Å². The second kappa shape index (κ2) is 10.1. The zero-order valence-electron chi connectivity index (χ0n) is 19.1. The maximum Gasteiger partial charge on any atom is 0.522 e. The first-order valence-corrected chi connectivity index (χ1v) is 12.0. The first-order chi connectivity index (χ1) is 16.5. The minimum absolute atomic E-state index is 0.0201. The molecule has 4 aliphatic rings. The van der Waals surface area contributed by atoms with E-state index in [0.717, 1.165) is 25.7 Å². The van der Waals surface area contributed by atoms with Crippen LogP contribution in [0.3, 0.4) is 0 Å². The van der Waals surface area contributed by atoms with Gasteiger partial charge in [0.2, 0.25) is 11.8 Å². The first kappa shape index (κ1) is 25.4. The normalized spacial score (nSPS) is 28.9. The Kier molecular flexibility index (Phi) is 7.34. The van der Waals surface area contributed by atoms with Crippen molar-refractivity contribution < 1.29 is 41.9 Å². The monoisotopic (exact) mass is 502 g/mol. The Morgan fingerprint density at radius 3 is 2.49 bits per heavy atom. The fraction of sp³-hybridized carbons (Fsp3) is 0.773. The van der Waals surface area contributed by atoms with Crippen LogP contribution in [-0.4, -0.2) is 78.5 Å². The Balaban J connectivity index is 1.49. The zero-order valence-corrected chi connectivity index (χ0v) is 19.1. The summed E-state index contributed by atoms with van der Waals surface area (Å²) < 4.78 is 41.2. The number of alkyl halides is 3. The van der Waals surface area contributed by atoms with Crippen LogP contribution in [0.2, 0.25) is 0 Å². The van der Waals surface area contributed by atoms with E-state index in [-0.39, 0.29) is 36.8 Å². The molecule has 10 nitrogen and oxygen atoms in total. The van der Waals surface area contributed by atoms with Crippen molar-refractivity contribution in [1.29, 1.82) is 0 Å². The summed E-state index contributed by atoms with van der Waals surface area (Å²) in [6.07, 6.45) is -0.994. The highest BCUT2D eigenvalue weighted by Crippen LogP contribution is 2.42. The Morgan fingerprint density at radius 1 is 1.11 bits per heavy atom. The molecule has 0 aromatic rings. The minimum Gasteiger partial charge on any atom is -0.356 e. The minimum atomic E-state index is -5.03. The Labute approximate surface area is 199 Å². The van der Waals surface area contributed by atoms with Crippen molar-refractivity contribution in [1.82, 2.24) is 20.9 Å². The second-order valence-electron chi connectivity index (χ2n) is 9.78. The van der Waals surface area contributed by atoms with Crippen LogP contribution in [0.1, 0.15) is 44.9 Å². The first-order valence-electron chi connectivity index (χ1n) is 12.0. The van der Waals surface area contributed by atoms with Gasteiger partial charge in [0.05, 0.1) is 6.04 Å². The number of nitrogens with zero attached hydrogens (tertiary/aromatic N) is 1. The Hall–Kier alpha value is -2.70. The summed E-state index contributed by atoms with van der Waals surface area (Å²) in [4.78, 5) is 64.5. The molecule has 0 bridgehead atoms. The van der Waals surface area contributed by atoms with Gasteiger partial charge in [-0.2, -0.15) is 0 Å². The van der Waals surface area contributed by atoms with Crippen LogP contribution in [-0.2, 0) is 28.7 Å². The Morgan fingerprint density at radius 2 is 1.86 bits per heavy atom. The number of fused-ring (bicyclic) bond motifs is 1. The van der Waals surface area contributed by atoms with Gasteiger partial charge < -0.3 is 20.9 Å². The summed E-state index contributed by atoms with van der Waals surface area (Å²) in [6, 6.07) is -2.47. The van der Waals surface area contributed by atoms with Crippen molar-refractivity contribution in [3.63, 3.8) is 0 Å². The summed E-state index contributed by atoms with van der Waals surface area (Å²) in [7, 11) is 0. The fourth-order valence-corrected chi connectivity index (χ4v) is 5.39. The number of hydrogen-bond donors (Lipinski definition) is 3. The molecule has 4 rings (SSSR count). The molecule has 2 aliphatic carbocycles. The van der Waals surface area contributed by atoms with E-state index < -0.39 is 54.5 Å². The molecule has 3 N–H and O–H groups in total. The quantitative estimate of drug-likeness (QED) is 0.401. The lowest BCUT2D eigenvalue weighted by Gasteiger charge is -2.29. The van der Waals surface area contributed by atoms with Gasteiger partial charge in [0.1, 0.15) is 12.6 Å². The largest absolute Gasteiger partial charge is 0.522 e. The van der Waals surface area contributed by atoms with Gasteiger partial charge in [0.15, 0.2) is 5.78 Å². The third kappa shape index (κ3) is 6.11. The summed E-state index contributed by atoms with van der Waals surface area (Å²) in [5.41, 5.74) is 0. The highest BCUT2D eigenvalue weighted by atomic mass is 19.4. The summed E-state index contributed by atoms with van der Waals surface area (Å²) in [6.45, 7) is -0.728. The molecule has 4 fully saturated rings. The van der Waals surface area contributed by atoms with E-state index in [1.807, 2.05) is 0 Å². The van der Waals surface area contributed by atoms with Crippen LogP contribution in [0.25, 0.3) is 0 Å². The lowest BCUT2D eigenvalue weighted by molar-refractivity contribution is -0.321. The van der Waals surface area contributed by atoms with E-state index in [9.17, 15) is 37.1 Å². The smallest absolute Gasteiger partial charge is 0.356 e. The molecule has 35 heavy (non-hydrogen) atoms. The highest BCUT2D eigenvalue weighted by molar-refractivity contribution is 6.35. The van der Waals surface area contributed by atoms with Crippen LogP contribution in [0.5, 0.6) is 0 Å². The summed E-state index contributed by atoms with van der Waals surface area (Å²) in [5.74, 6) is -4.56. The van der Waals surface area contributed by atoms with Gasteiger partial charge in [-0.25, -0.2) is 0 Å². The number of hydrogen-bond acceptors (Lipinski definition) is 6. The van der Waals surface area contributed by atoms with Gasteiger partial charge in [-0.1, -0.05) is 6.42 Å². The number of carbonyl (C=O) groups excluding carboxylic acids is 5. The van der Waals surface area contributed by atoms with E-state index in [1.54, 1.807) is 0 Å². The SMILES string of the molecule is O=C(NC1CC1)C(=O)N1CC2CCCC2[C@H]1C(=O)NC(CC1CCNC1=O)C(=O)COC(F)(F)F. The molecule has 2 heterocycles. The molecular formula is C22H29F3N4O6. The van der Waals surface area contributed by atoms with Crippen LogP contribution in [0.4, 0.5) is 13.2 Å². The van der Waals surface area contributed by atoms with Gasteiger partial charge in [-0.3, -0.25) is 28.7 Å². The van der Waals surface area contributed by atoms with Gasteiger partial charge >= 0.3 is 18.2 Å².